The fourth-order valence-electron chi connectivity index (χ4n) is 2.55. The highest BCUT2D eigenvalue weighted by molar-refractivity contribution is 7.89. The molecule has 0 aliphatic carbocycles. The number of sulfonamides is 1. The summed E-state index contributed by atoms with van der Waals surface area (Å²) in [6.45, 7) is 5.76. The highest BCUT2D eigenvalue weighted by Gasteiger charge is 2.33. The van der Waals surface area contributed by atoms with Crippen molar-refractivity contribution in [2.75, 3.05) is 19.6 Å². The molecule has 5 heteroatoms. The highest BCUT2D eigenvalue weighted by Crippen LogP contribution is 2.28. The lowest BCUT2D eigenvalue weighted by Gasteiger charge is -2.18. The summed E-state index contributed by atoms with van der Waals surface area (Å²) in [5.74, 6) is 6.57. The number of hydrogen-bond acceptors (Lipinski definition) is 3. The van der Waals surface area contributed by atoms with Gasteiger partial charge < -0.3 is 5.73 Å². The Morgan fingerprint density at radius 1 is 1.43 bits per heavy atom. The number of rotatable bonds is 3. The molecule has 1 unspecified atom stereocenters. The summed E-state index contributed by atoms with van der Waals surface area (Å²) in [4.78, 5) is 0.315. The molecule has 0 bridgehead atoms. The summed E-state index contributed by atoms with van der Waals surface area (Å²) in [6.07, 6.45) is 0.934. The third-order valence-corrected chi connectivity index (χ3v) is 5.80. The van der Waals surface area contributed by atoms with Crippen molar-refractivity contribution < 1.29 is 8.42 Å². The molecule has 1 aromatic rings. The van der Waals surface area contributed by atoms with Gasteiger partial charge in [0.1, 0.15) is 0 Å². The van der Waals surface area contributed by atoms with Crippen molar-refractivity contribution in [3.8, 4) is 11.8 Å². The monoisotopic (exact) mass is 306 g/mol. The Morgan fingerprint density at radius 3 is 2.81 bits per heavy atom. The van der Waals surface area contributed by atoms with Crippen LogP contribution in [-0.2, 0) is 10.0 Å². The number of nitrogens with two attached hydrogens (primary N) is 1. The normalized spacial score (nSPS) is 19.5. The van der Waals surface area contributed by atoms with Crippen molar-refractivity contribution in [2.24, 2.45) is 17.6 Å². The second-order valence-corrected chi connectivity index (χ2v) is 7.63. The predicted molar refractivity (Wildman–Crippen MR) is 84.1 cm³/mol. The molecule has 1 saturated heterocycles. The van der Waals surface area contributed by atoms with Gasteiger partial charge in [-0.2, -0.15) is 4.31 Å². The molecule has 2 rings (SSSR count). The quantitative estimate of drug-likeness (QED) is 0.864. The van der Waals surface area contributed by atoms with Gasteiger partial charge in [-0.3, -0.25) is 0 Å². The fourth-order valence-corrected chi connectivity index (χ4v) is 4.11. The summed E-state index contributed by atoms with van der Waals surface area (Å²) in [5, 5.41) is 0. The third-order valence-electron chi connectivity index (χ3n) is 3.94. The molecule has 0 radical (unpaired) electrons. The standard InChI is InChI=1S/C16H22N2O2S/c1-13(2)15-8-10-18(12-15)21(19,20)16-7-3-5-14(11-16)6-4-9-17/h3,5,7,11,13,15H,8-10,12,17H2,1-2H3. The van der Waals surface area contributed by atoms with E-state index in [9.17, 15) is 8.42 Å². The van der Waals surface area contributed by atoms with Gasteiger partial charge in [-0.1, -0.05) is 31.8 Å². The van der Waals surface area contributed by atoms with Gasteiger partial charge in [0, 0.05) is 18.7 Å². The smallest absolute Gasteiger partial charge is 0.243 e. The Balaban J connectivity index is 2.24. The fraction of sp³-hybridized carbons (Fsp3) is 0.500. The van der Waals surface area contributed by atoms with E-state index in [1.165, 1.54) is 0 Å². The third kappa shape index (κ3) is 3.65. The van der Waals surface area contributed by atoms with Gasteiger partial charge in [-0.25, -0.2) is 8.42 Å². The van der Waals surface area contributed by atoms with Crippen molar-refractivity contribution in [1.29, 1.82) is 0 Å². The van der Waals surface area contributed by atoms with E-state index < -0.39 is 10.0 Å². The van der Waals surface area contributed by atoms with E-state index in [1.54, 1.807) is 28.6 Å². The van der Waals surface area contributed by atoms with Crippen LogP contribution < -0.4 is 5.73 Å². The molecule has 1 aliphatic rings. The van der Waals surface area contributed by atoms with Gasteiger partial charge in [0.25, 0.3) is 0 Å². The van der Waals surface area contributed by atoms with E-state index in [-0.39, 0.29) is 6.54 Å². The van der Waals surface area contributed by atoms with Crippen LogP contribution in [-0.4, -0.2) is 32.4 Å². The van der Waals surface area contributed by atoms with Gasteiger partial charge in [0.2, 0.25) is 10.0 Å². The Kier molecular flexibility index (Phi) is 5.04. The van der Waals surface area contributed by atoms with Gasteiger partial charge in [0.05, 0.1) is 11.4 Å². The Hall–Kier alpha value is -1.35. The molecule has 1 aromatic carbocycles. The first-order valence-corrected chi connectivity index (χ1v) is 8.68. The van der Waals surface area contributed by atoms with Crippen LogP contribution in [0.3, 0.4) is 0 Å². The maximum absolute atomic E-state index is 12.7. The average molecular weight is 306 g/mol. The van der Waals surface area contributed by atoms with Crippen LogP contribution in [0.25, 0.3) is 0 Å². The zero-order valence-corrected chi connectivity index (χ0v) is 13.4. The molecular weight excluding hydrogens is 284 g/mol. The molecule has 1 atom stereocenters. The lowest BCUT2D eigenvalue weighted by molar-refractivity contribution is 0.388. The van der Waals surface area contributed by atoms with Gasteiger partial charge in [0.15, 0.2) is 0 Å². The molecule has 4 nitrogen and oxygen atoms in total. The minimum Gasteiger partial charge on any atom is -0.320 e. The molecule has 2 N–H and O–H groups in total. The first-order chi connectivity index (χ1) is 9.95. The molecular formula is C16H22N2O2S. The molecule has 0 spiro atoms. The lowest BCUT2D eigenvalue weighted by atomic mass is 9.96. The second-order valence-electron chi connectivity index (χ2n) is 5.69. The molecule has 1 aliphatic heterocycles. The Bertz CT molecular complexity index is 656. The van der Waals surface area contributed by atoms with E-state index in [1.807, 2.05) is 0 Å². The van der Waals surface area contributed by atoms with Crippen LogP contribution >= 0.6 is 0 Å². The molecule has 0 amide bonds. The maximum atomic E-state index is 12.7. The second kappa shape index (κ2) is 6.61. The van der Waals surface area contributed by atoms with Crippen LogP contribution in [0.2, 0.25) is 0 Å². The van der Waals surface area contributed by atoms with Gasteiger partial charge in [-0.05, 0) is 36.5 Å². The van der Waals surface area contributed by atoms with E-state index in [0.717, 1.165) is 6.42 Å². The van der Waals surface area contributed by atoms with Crippen LogP contribution in [0, 0.1) is 23.7 Å². The van der Waals surface area contributed by atoms with Gasteiger partial charge >= 0.3 is 0 Å². The summed E-state index contributed by atoms with van der Waals surface area (Å²) >= 11 is 0. The lowest BCUT2D eigenvalue weighted by Crippen LogP contribution is -2.29. The zero-order valence-electron chi connectivity index (χ0n) is 12.5. The van der Waals surface area contributed by atoms with Crippen LogP contribution in [0.5, 0.6) is 0 Å². The summed E-state index contributed by atoms with van der Waals surface area (Å²) in [7, 11) is -3.42. The minimum atomic E-state index is -3.42. The molecule has 21 heavy (non-hydrogen) atoms. The number of nitrogens with zero attached hydrogens (tertiary/aromatic N) is 1. The first-order valence-electron chi connectivity index (χ1n) is 7.24. The van der Waals surface area contributed by atoms with Crippen molar-refractivity contribution in [3.63, 3.8) is 0 Å². The topological polar surface area (TPSA) is 63.4 Å². The molecule has 114 valence electrons. The molecule has 0 saturated carbocycles. The van der Waals surface area contributed by atoms with Crippen LogP contribution in [0.4, 0.5) is 0 Å². The van der Waals surface area contributed by atoms with E-state index in [4.69, 9.17) is 5.73 Å². The summed E-state index contributed by atoms with van der Waals surface area (Å²) < 4.78 is 27.0. The average Bonchev–Trinajstić information content (AvgIpc) is 2.96. The highest BCUT2D eigenvalue weighted by atomic mass is 32.2. The predicted octanol–water partition coefficient (Wildman–Crippen LogP) is 1.66. The van der Waals surface area contributed by atoms with Crippen molar-refractivity contribution in [3.05, 3.63) is 29.8 Å². The van der Waals surface area contributed by atoms with E-state index in [0.29, 0.717) is 35.4 Å². The minimum absolute atomic E-state index is 0.263. The van der Waals surface area contributed by atoms with E-state index in [2.05, 4.69) is 25.7 Å². The van der Waals surface area contributed by atoms with Gasteiger partial charge in [-0.15, -0.1) is 0 Å². The summed E-state index contributed by atoms with van der Waals surface area (Å²) in [6, 6.07) is 6.78. The largest absolute Gasteiger partial charge is 0.320 e. The van der Waals surface area contributed by atoms with Crippen molar-refractivity contribution >= 4 is 10.0 Å². The van der Waals surface area contributed by atoms with Crippen molar-refractivity contribution in [1.82, 2.24) is 4.31 Å². The van der Waals surface area contributed by atoms with Crippen LogP contribution in [0.1, 0.15) is 25.8 Å². The molecule has 1 fully saturated rings. The number of benzene rings is 1. The molecule has 1 heterocycles. The first kappa shape index (κ1) is 16.0. The maximum Gasteiger partial charge on any atom is 0.243 e. The van der Waals surface area contributed by atoms with E-state index >= 15 is 0 Å². The zero-order chi connectivity index (χ0) is 15.5. The summed E-state index contributed by atoms with van der Waals surface area (Å²) in [5.41, 5.74) is 6.02. The number of hydrogen-bond donors (Lipinski definition) is 1. The molecule has 0 aromatic heterocycles. The SMILES string of the molecule is CC(C)C1CCN(S(=O)(=O)c2cccc(C#CCN)c2)C1. The van der Waals surface area contributed by atoms with Crippen molar-refractivity contribution in [2.45, 2.75) is 25.2 Å². The Morgan fingerprint density at radius 2 is 2.19 bits per heavy atom. The van der Waals surface area contributed by atoms with Crippen LogP contribution in [0.15, 0.2) is 29.2 Å². The Labute approximate surface area is 127 Å².